The second-order valence-corrected chi connectivity index (χ2v) is 5.89. The first-order valence-electron chi connectivity index (χ1n) is 6.74. The van der Waals surface area contributed by atoms with Gasteiger partial charge in [-0.25, -0.2) is 4.79 Å². The molecule has 0 aromatic heterocycles. The van der Waals surface area contributed by atoms with Crippen molar-refractivity contribution in [2.75, 3.05) is 18.5 Å². The smallest absolute Gasteiger partial charge is 0.319 e. The molecule has 2 amide bonds. The van der Waals surface area contributed by atoms with Gasteiger partial charge in [-0.15, -0.1) is 0 Å². The molecule has 0 aliphatic carbocycles. The van der Waals surface area contributed by atoms with E-state index in [1.807, 2.05) is 37.3 Å². The first-order chi connectivity index (χ1) is 10.6. The van der Waals surface area contributed by atoms with E-state index in [4.69, 9.17) is 16.3 Å². The summed E-state index contributed by atoms with van der Waals surface area (Å²) in [5, 5.41) is 6.05. The molecule has 6 heteroatoms. The molecule has 0 atom stereocenters. The highest BCUT2D eigenvalue weighted by Crippen LogP contribution is 2.22. The predicted molar refractivity (Wildman–Crippen MR) is 92.8 cm³/mol. The highest BCUT2D eigenvalue weighted by atomic mass is 79.9. The van der Waals surface area contributed by atoms with Crippen molar-refractivity contribution in [1.82, 2.24) is 5.32 Å². The van der Waals surface area contributed by atoms with E-state index in [9.17, 15) is 4.79 Å². The summed E-state index contributed by atoms with van der Waals surface area (Å²) in [6.45, 7) is 2.69. The Morgan fingerprint density at radius 1 is 1.27 bits per heavy atom. The van der Waals surface area contributed by atoms with Crippen LogP contribution in [-0.4, -0.2) is 19.2 Å². The molecule has 0 fully saturated rings. The van der Waals surface area contributed by atoms with Crippen LogP contribution in [0.2, 0.25) is 5.02 Å². The van der Waals surface area contributed by atoms with Crippen LogP contribution in [0.15, 0.2) is 46.9 Å². The number of ether oxygens (including phenoxy) is 1. The van der Waals surface area contributed by atoms with Crippen molar-refractivity contribution >= 4 is 39.2 Å². The van der Waals surface area contributed by atoms with Gasteiger partial charge in [-0.1, -0.05) is 39.7 Å². The number of para-hydroxylation sites is 1. The van der Waals surface area contributed by atoms with Crippen LogP contribution in [-0.2, 0) is 0 Å². The molecule has 0 spiro atoms. The zero-order valence-electron chi connectivity index (χ0n) is 12.0. The quantitative estimate of drug-likeness (QED) is 0.741. The third-order valence-electron chi connectivity index (χ3n) is 2.90. The van der Waals surface area contributed by atoms with Crippen molar-refractivity contribution in [3.63, 3.8) is 0 Å². The fraction of sp³-hybridized carbons (Fsp3) is 0.188. The molecule has 116 valence electrons. The van der Waals surface area contributed by atoms with Gasteiger partial charge in [0.15, 0.2) is 0 Å². The van der Waals surface area contributed by atoms with Gasteiger partial charge in [-0.3, -0.25) is 0 Å². The van der Waals surface area contributed by atoms with E-state index in [0.717, 1.165) is 15.7 Å². The Kier molecular flexibility index (Phi) is 6.10. The number of carbonyl (C=O) groups is 1. The number of aryl methyl sites for hydroxylation is 1. The van der Waals surface area contributed by atoms with Gasteiger partial charge in [-0.2, -0.15) is 0 Å². The van der Waals surface area contributed by atoms with E-state index >= 15 is 0 Å². The summed E-state index contributed by atoms with van der Waals surface area (Å²) in [6.07, 6.45) is 0. The predicted octanol–water partition coefficient (Wildman–Crippen LogP) is 4.61. The van der Waals surface area contributed by atoms with Crippen LogP contribution in [0.1, 0.15) is 5.56 Å². The van der Waals surface area contributed by atoms with Gasteiger partial charge in [0.05, 0.1) is 11.6 Å². The van der Waals surface area contributed by atoms with Crippen LogP contribution >= 0.6 is 27.5 Å². The number of urea groups is 1. The van der Waals surface area contributed by atoms with Crippen LogP contribution in [0.25, 0.3) is 0 Å². The summed E-state index contributed by atoms with van der Waals surface area (Å²) in [5.74, 6) is 0.606. The molecule has 2 N–H and O–H groups in total. The minimum Gasteiger partial charge on any atom is -0.490 e. The summed E-state index contributed by atoms with van der Waals surface area (Å²) < 4.78 is 6.50. The Balaban J connectivity index is 1.74. The number of carbonyl (C=O) groups excluding carboxylic acids is 1. The lowest BCUT2D eigenvalue weighted by atomic mass is 10.2. The van der Waals surface area contributed by atoms with Gasteiger partial charge in [0.25, 0.3) is 0 Å². The third-order valence-corrected chi connectivity index (χ3v) is 4.10. The molecular formula is C16H16BrClN2O2. The fourth-order valence-electron chi connectivity index (χ4n) is 1.79. The molecule has 0 saturated heterocycles. The second kappa shape index (κ2) is 8.06. The maximum atomic E-state index is 11.8. The van der Waals surface area contributed by atoms with Gasteiger partial charge in [0.2, 0.25) is 0 Å². The zero-order valence-corrected chi connectivity index (χ0v) is 14.4. The molecule has 2 aromatic rings. The molecule has 0 bridgehead atoms. The Hall–Kier alpha value is -1.72. The normalized spacial score (nSPS) is 10.1. The largest absolute Gasteiger partial charge is 0.490 e. The number of benzene rings is 2. The van der Waals surface area contributed by atoms with Gasteiger partial charge in [0.1, 0.15) is 12.4 Å². The Labute approximate surface area is 142 Å². The van der Waals surface area contributed by atoms with E-state index < -0.39 is 0 Å². The minimum absolute atomic E-state index is 0.274. The second-order valence-electron chi connectivity index (χ2n) is 4.62. The van der Waals surface area contributed by atoms with E-state index in [1.165, 1.54) is 0 Å². The maximum Gasteiger partial charge on any atom is 0.319 e. The molecule has 0 aliphatic rings. The van der Waals surface area contributed by atoms with Crippen molar-refractivity contribution < 1.29 is 9.53 Å². The van der Waals surface area contributed by atoms with Gasteiger partial charge in [0, 0.05) is 10.2 Å². The number of halogens is 2. The number of nitrogens with one attached hydrogen (secondary N) is 2. The fourth-order valence-corrected chi connectivity index (χ4v) is 2.22. The summed E-state index contributed by atoms with van der Waals surface area (Å²) in [7, 11) is 0. The van der Waals surface area contributed by atoms with Crippen LogP contribution in [0.4, 0.5) is 10.5 Å². The van der Waals surface area contributed by atoms with Crippen molar-refractivity contribution in [1.29, 1.82) is 0 Å². The number of hydrogen-bond donors (Lipinski definition) is 2. The Morgan fingerprint density at radius 3 is 2.77 bits per heavy atom. The Morgan fingerprint density at radius 2 is 2.05 bits per heavy atom. The molecule has 2 aromatic carbocycles. The summed E-state index contributed by atoms with van der Waals surface area (Å²) in [6, 6.07) is 12.6. The van der Waals surface area contributed by atoms with Gasteiger partial charge in [-0.05, 0) is 42.8 Å². The maximum absolute atomic E-state index is 11.8. The van der Waals surface area contributed by atoms with E-state index in [2.05, 4.69) is 26.6 Å². The minimum atomic E-state index is -0.274. The molecule has 0 unspecified atom stereocenters. The average molecular weight is 384 g/mol. The first-order valence-corrected chi connectivity index (χ1v) is 7.91. The van der Waals surface area contributed by atoms with E-state index in [-0.39, 0.29) is 6.03 Å². The summed E-state index contributed by atoms with van der Waals surface area (Å²) in [4.78, 5) is 11.8. The Bertz CT molecular complexity index is 664. The zero-order chi connectivity index (χ0) is 15.9. The summed E-state index contributed by atoms with van der Waals surface area (Å²) in [5.41, 5.74) is 1.80. The van der Waals surface area contributed by atoms with Crippen LogP contribution in [0, 0.1) is 6.92 Å². The number of anilines is 1. The van der Waals surface area contributed by atoms with Gasteiger partial charge < -0.3 is 15.4 Å². The highest BCUT2D eigenvalue weighted by Gasteiger charge is 2.04. The number of amides is 2. The molecular weight excluding hydrogens is 368 g/mol. The standard InChI is InChI=1S/C16H16BrClN2O2/c1-11-10-12(6-7-13(11)17)20-16(21)19-8-9-22-15-5-3-2-4-14(15)18/h2-7,10H,8-9H2,1H3,(H2,19,20,21). The summed E-state index contributed by atoms with van der Waals surface area (Å²) >= 11 is 9.39. The monoisotopic (exact) mass is 382 g/mol. The number of hydrogen-bond acceptors (Lipinski definition) is 2. The molecule has 4 nitrogen and oxygen atoms in total. The lowest BCUT2D eigenvalue weighted by Crippen LogP contribution is -2.32. The highest BCUT2D eigenvalue weighted by molar-refractivity contribution is 9.10. The van der Waals surface area contributed by atoms with Crippen molar-refractivity contribution in [3.8, 4) is 5.75 Å². The first kappa shape index (κ1) is 16.6. The topological polar surface area (TPSA) is 50.4 Å². The molecule has 0 saturated carbocycles. The van der Waals surface area contributed by atoms with Gasteiger partial charge >= 0.3 is 6.03 Å². The lowest BCUT2D eigenvalue weighted by Gasteiger charge is -2.10. The molecule has 0 heterocycles. The SMILES string of the molecule is Cc1cc(NC(=O)NCCOc2ccccc2Cl)ccc1Br. The molecule has 0 radical (unpaired) electrons. The van der Waals surface area contributed by atoms with Crippen LogP contribution in [0.3, 0.4) is 0 Å². The van der Waals surface area contributed by atoms with Crippen molar-refractivity contribution in [2.24, 2.45) is 0 Å². The van der Waals surface area contributed by atoms with Crippen molar-refractivity contribution in [2.45, 2.75) is 6.92 Å². The average Bonchev–Trinajstić information content (AvgIpc) is 2.49. The third kappa shape index (κ3) is 4.93. The molecule has 22 heavy (non-hydrogen) atoms. The molecule has 2 rings (SSSR count). The van der Waals surface area contributed by atoms with Crippen LogP contribution in [0.5, 0.6) is 5.75 Å². The van der Waals surface area contributed by atoms with Crippen molar-refractivity contribution in [3.05, 3.63) is 57.5 Å². The molecule has 0 aliphatic heterocycles. The van der Waals surface area contributed by atoms with Crippen LogP contribution < -0.4 is 15.4 Å². The number of rotatable bonds is 5. The van der Waals surface area contributed by atoms with E-state index in [1.54, 1.807) is 12.1 Å². The van der Waals surface area contributed by atoms with E-state index in [0.29, 0.717) is 23.9 Å². The lowest BCUT2D eigenvalue weighted by molar-refractivity contribution is 0.247.